The van der Waals surface area contributed by atoms with E-state index in [-0.39, 0.29) is 5.91 Å². The minimum absolute atomic E-state index is 0.0568. The van der Waals surface area contributed by atoms with E-state index < -0.39 is 0 Å². The molecular weight excluding hydrogens is 460 g/mol. The van der Waals surface area contributed by atoms with Crippen molar-refractivity contribution in [3.63, 3.8) is 0 Å². The van der Waals surface area contributed by atoms with Crippen molar-refractivity contribution in [2.24, 2.45) is 0 Å². The molecule has 170 valence electrons. The highest BCUT2D eigenvalue weighted by Crippen LogP contribution is 2.27. The van der Waals surface area contributed by atoms with Gasteiger partial charge in [0.1, 0.15) is 5.52 Å². The van der Waals surface area contributed by atoms with Gasteiger partial charge in [-0.2, -0.15) is 0 Å². The minimum Gasteiger partial charge on any atom is -0.347 e. The van der Waals surface area contributed by atoms with Gasteiger partial charge in [-0.25, -0.2) is 9.97 Å². The van der Waals surface area contributed by atoms with Crippen molar-refractivity contribution in [1.82, 2.24) is 19.9 Å². The number of amides is 1. The Labute approximate surface area is 206 Å². The number of thiophene rings is 1. The zero-order chi connectivity index (χ0) is 23.3. The van der Waals surface area contributed by atoms with E-state index in [1.165, 1.54) is 11.1 Å². The number of hydrogen-bond donors (Lipinski definition) is 1. The van der Waals surface area contributed by atoms with Crippen LogP contribution in [0.15, 0.2) is 89.5 Å². The molecule has 7 heteroatoms. The second kappa shape index (κ2) is 10.2. The number of imidazole rings is 1. The molecule has 0 bridgehead atoms. The number of thioether (sulfide) groups is 1. The number of carbonyl (C=O) groups is 1. The lowest BCUT2D eigenvalue weighted by Gasteiger charge is -2.10. The Morgan fingerprint density at radius 3 is 2.71 bits per heavy atom. The first-order valence-electron chi connectivity index (χ1n) is 11.0. The molecule has 0 fully saturated rings. The zero-order valence-corrected chi connectivity index (χ0v) is 20.4. The molecule has 3 aromatic heterocycles. The predicted octanol–water partition coefficient (Wildman–Crippen LogP) is 6.07. The van der Waals surface area contributed by atoms with Crippen LogP contribution in [-0.2, 0) is 18.8 Å². The molecule has 0 radical (unpaired) electrons. The van der Waals surface area contributed by atoms with Crippen LogP contribution < -0.4 is 5.32 Å². The molecule has 0 spiro atoms. The highest BCUT2D eigenvalue weighted by atomic mass is 32.2. The van der Waals surface area contributed by atoms with Crippen molar-refractivity contribution >= 4 is 40.2 Å². The maximum absolute atomic E-state index is 12.4. The van der Waals surface area contributed by atoms with Crippen LogP contribution in [0.4, 0.5) is 0 Å². The van der Waals surface area contributed by atoms with Crippen LogP contribution in [0, 0.1) is 6.92 Å². The molecule has 5 nitrogen and oxygen atoms in total. The number of aromatic nitrogens is 3. The monoisotopic (exact) mass is 484 g/mol. The summed E-state index contributed by atoms with van der Waals surface area (Å²) in [7, 11) is 0. The molecule has 2 aromatic carbocycles. The topological polar surface area (TPSA) is 59.8 Å². The van der Waals surface area contributed by atoms with Gasteiger partial charge in [0.2, 0.25) is 0 Å². The van der Waals surface area contributed by atoms with Crippen molar-refractivity contribution in [3.8, 4) is 0 Å². The summed E-state index contributed by atoms with van der Waals surface area (Å²) in [5, 5.41) is 5.93. The molecule has 3 heterocycles. The van der Waals surface area contributed by atoms with E-state index in [0.717, 1.165) is 39.1 Å². The summed E-state index contributed by atoms with van der Waals surface area (Å²) in [6.07, 6.45) is 1.81. The van der Waals surface area contributed by atoms with Gasteiger partial charge in [0.15, 0.2) is 10.8 Å². The molecule has 5 rings (SSSR count). The molecule has 0 saturated heterocycles. The normalized spacial score (nSPS) is 11.1. The second-order valence-corrected chi connectivity index (χ2v) is 10.0. The third-order valence-corrected chi connectivity index (χ3v) is 7.40. The average molecular weight is 485 g/mol. The molecule has 0 atom stereocenters. The smallest absolute Gasteiger partial charge is 0.251 e. The number of benzene rings is 2. The minimum atomic E-state index is -0.0568. The van der Waals surface area contributed by atoms with Crippen LogP contribution in [0.1, 0.15) is 31.9 Å². The summed E-state index contributed by atoms with van der Waals surface area (Å²) in [6.45, 7) is 3.38. The first-order valence-corrected chi connectivity index (χ1v) is 12.9. The predicted molar refractivity (Wildman–Crippen MR) is 139 cm³/mol. The Kier molecular flexibility index (Phi) is 6.74. The number of pyridine rings is 1. The molecule has 34 heavy (non-hydrogen) atoms. The molecule has 0 unspecified atom stereocenters. The molecule has 1 N–H and O–H groups in total. The summed E-state index contributed by atoms with van der Waals surface area (Å²) in [5.41, 5.74) is 6.07. The van der Waals surface area contributed by atoms with E-state index in [1.54, 1.807) is 23.1 Å². The third kappa shape index (κ3) is 5.21. The Morgan fingerprint density at radius 2 is 1.91 bits per heavy atom. The van der Waals surface area contributed by atoms with Gasteiger partial charge >= 0.3 is 0 Å². The third-order valence-electron chi connectivity index (χ3n) is 5.48. The fourth-order valence-electron chi connectivity index (χ4n) is 3.77. The Bertz CT molecular complexity index is 1410. The molecule has 0 aliphatic carbocycles. The largest absolute Gasteiger partial charge is 0.347 e. The Morgan fingerprint density at radius 1 is 1.03 bits per heavy atom. The van der Waals surface area contributed by atoms with Crippen molar-refractivity contribution < 1.29 is 4.79 Å². The van der Waals surface area contributed by atoms with Gasteiger partial charge in [0, 0.05) is 22.4 Å². The summed E-state index contributed by atoms with van der Waals surface area (Å²) in [4.78, 5) is 23.0. The molecular formula is C27H24N4OS2. The number of carbonyl (C=O) groups excluding carboxylic acids is 1. The van der Waals surface area contributed by atoms with E-state index in [1.807, 2.05) is 60.1 Å². The van der Waals surface area contributed by atoms with Crippen LogP contribution in [0.5, 0.6) is 0 Å². The lowest BCUT2D eigenvalue weighted by atomic mass is 10.1. The number of rotatable bonds is 8. The van der Waals surface area contributed by atoms with Crippen LogP contribution in [0.2, 0.25) is 0 Å². The fourth-order valence-corrected chi connectivity index (χ4v) is 5.37. The highest BCUT2D eigenvalue weighted by Gasteiger charge is 2.13. The molecule has 0 aliphatic rings. The first kappa shape index (κ1) is 22.4. The molecule has 0 saturated carbocycles. The quantitative estimate of drug-likeness (QED) is 0.272. The fraction of sp³-hybridized carbons (Fsp3) is 0.148. The molecule has 1 amide bonds. The van der Waals surface area contributed by atoms with Crippen LogP contribution in [0.3, 0.4) is 0 Å². The zero-order valence-electron chi connectivity index (χ0n) is 18.8. The number of fused-ring (bicyclic) bond motifs is 1. The van der Waals surface area contributed by atoms with Gasteiger partial charge in [0.25, 0.3) is 5.91 Å². The molecule has 5 aromatic rings. The van der Waals surface area contributed by atoms with Gasteiger partial charge in [-0.3, -0.25) is 9.36 Å². The maximum atomic E-state index is 12.4. The maximum Gasteiger partial charge on any atom is 0.251 e. The van der Waals surface area contributed by atoms with Gasteiger partial charge in [-0.1, -0.05) is 59.8 Å². The number of nitrogens with zero attached hydrogens (tertiary/aromatic N) is 3. The SMILES string of the molecule is Cc1cccc(Cn2c(SCc3ccc(C(=O)NCc4cccs4)cc3)nc3cccnc32)c1. The second-order valence-electron chi connectivity index (χ2n) is 8.06. The van der Waals surface area contributed by atoms with Crippen molar-refractivity contribution in [1.29, 1.82) is 0 Å². The summed E-state index contributed by atoms with van der Waals surface area (Å²) >= 11 is 3.33. The van der Waals surface area contributed by atoms with E-state index in [2.05, 4.69) is 46.1 Å². The molecule has 0 aliphatic heterocycles. The van der Waals surface area contributed by atoms with E-state index in [0.29, 0.717) is 12.1 Å². The van der Waals surface area contributed by atoms with Crippen molar-refractivity contribution in [3.05, 3.63) is 112 Å². The van der Waals surface area contributed by atoms with Crippen molar-refractivity contribution in [2.75, 3.05) is 0 Å². The Balaban J connectivity index is 1.28. The lowest BCUT2D eigenvalue weighted by Crippen LogP contribution is -2.22. The van der Waals surface area contributed by atoms with Gasteiger partial charge in [-0.05, 0) is 53.8 Å². The van der Waals surface area contributed by atoms with Crippen LogP contribution >= 0.6 is 23.1 Å². The Hall–Kier alpha value is -3.42. The van der Waals surface area contributed by atoms with Crippen LogP contribution in [0.25, 0.3) is 11.2 Å². The average Bonchev–Trinajstić information content (AvgIpc) is 3.50. The first-order chi connectivity index (χ1) is 16.7. The van der Waals surface area contributed by atoms with Gasteiger partial charge in [-0.15, -0.1) is 11.3 Å². The summed E-state index contributed by atoms with van der Waals surface area (Å²) < 4.78 is 2.18. The van der Waals surface area contributed by atoms with E-state index in [9.17, 15) is 4.79 Å². The van der Waals surface area contributed by atoms with Gasteiger partial charge in [0.05, 0.1) is 13.1 Å². The van der Waals surface area contributed by atoms with Crippen molar-refractivity contribution in [2.45, 2.75) is 30.9 Å². The highest BCUT2D eigenvalue weighted by molar-refractivity contribution is 7.98. The number of hydrogen-bond acceptors (Lipinski definition) is 5. The van der Waals surface area contributed by atoms with E-state index in [4.69, 9.17) is 4.98 Å². The van der Waals surface area contributed by atoms with Crippen LogP contribution in [-0.4, -0.2) is 20.4 Å². The number of aryl methyl sites for hydroxylation is 1. The summed E-state index contributed by atoms with van der Waals surface area (Å²) in [5.74, 6) is 0.701. The van der Waals surface area contributed by atoms with Gasteiger partial charge < -0.3 is 5.32 Å². The lowest BCUT2D eigenvalue weighted by molar-refractivity contribution is 0.0951. The number of nitrogens with one attached hydrogen (secondary N) is 1. The summed E-state index contributed by atoms with van der Waals surface area (Å²) in [6, 6.07) is 24.3. The standard InChI is InChI=1S/C27H24N4OS2/c1-19-5-2-6-21(15-19)17-31-25-24(8-3-13-28-25)30-27(31)34-18-20-9-11-22(12-10-20)26(32)29-16-23-7-4-14-33-23/h2-15H,16-18H2,1H3,(H,29,32). The van der Waals surface area contributed by atoms with E-state index >= 15 is 0 Å².